The van der Waals surface area contributed by atoms with Crippen molar-refractivity contribution >= 4 is 45.8 Å². The molecule has 1 aliphatic heterocycles. The fourth-order valence-electron chi connectivity index (χ4n) is 3.92. The van der Waals surface area contributed by atoms with Gasteiger partial charge in [-0.3, -0.25) is 4.79 Å². The minimum absolute atomic E-state index is 0.0152. The zero-order valence-electron chi connectivity index (χ0n) is 17.2. The number of halogens is 5. The molecule has 2 heterocycles. The van der Waals surface area contributed by atoms with Gasteiger partial charge < -0.3 is 14.6 Å². The Morgan fingerprint density at radius 2 is 1.79 bits per heavy atom. The molecule has 0 bridgehead atoms. The fourth-order valence-corrected chi connectivity index (χ4v) is 4.44. The van der Waals surface area contributed by atoms with E-state index in [1.165, 1.54) is 24.3 Å². The van der Waals surface area contributed by atoms with Crippen molar-refractivity contribution in [3.05, 3.63) is 79.6 Å². The van der Waals surface area contributed by atoms with E-state index in [0.717, 1.165) is 31.0 Å². The summed E-state index contributed by atoms with van der Waals surface area (Å²) in [6, 6.07) is 8.99. The molecule has 1 saturated carbocycles. The van der Waals surface area contributed by atoms with Crippen molar-refractivity contribution in [3.8, 4) is 0 Å². The molecule has 176 valence electrons. The van der Waals surface area contributed by atoms with E-state index in [1.807, 2.05) is 0 Å². The lowest BCUT2D eigenvalue weighted by Crippen LogP contribution is -2.42. The molecule has 6 nitrogen and oxygen atoms in total. The first-order valence-electron chi connectivity index (χ1n) is 10.2. The standard InChI is InChI=1S/C23H15Cl2F3N2O4/c24-12-7-11(8-13(25)9-12)22(23(26,27)28)10-18(30-34-22)15-3-4-17(21(32)29-14-1-2-14)20-16(15)5-6-19(31)33-20/h3-9,14H,1-2,10H2,(H,29,32). The Bertz CT molecular complexity index is 1400. The number of carbonyl (C=O) groups is 1. The van der Waals surface area contributed by atoms with Crippen LogP contribution in [0.15, 0.2) is 56.8 Å². The molecule has 1 unspecified atom stereocenters. The Morgan fingerprint density at radius 1 is 1.09 bits per heavy atom. The van der Waals surface area contributed by atoms with Crippen LogP contribution in [0.25, 0.3) is 11.0 Å². The van der Waals surface area contributed by atoms with E-state index in [4.69, 9.17) is 32.5 Å². The van der Waals surface area contributed by atoms with Crippen molar-refractivity contribution in [2.45, 2.75) is 37.1 Å². The van der Waals surface area contributed by atoms with Crippen LogP contribution in [0.4, 0.5) is 13.2 Å². The number of oxime groups is 1. The summed E-state index contributed by atoms with van der Waals surface area (Å²) in [5, 5.41) is 6.85. The third-order valence-corrected chi connectivity index (χ3v) is 6.20. The predicted molar refractivity (Wildman–Crippen MR) is 119 cm³/mol. The second-order valence-electron chi connectivity index (χ2n) is 8.19. The molecule has 1 aromatic heterocycles. The monoisotopic (exact) mass is 510 g/mol. The second-order valence-corrected chi connectivity index (χ2v) is 9.07. The van der Waals surface area contributed by atoms with E-state index in [1.54, 1.807) is 0 Å². The topological polar surface area (TPSA) is 80.9 Å². The maximum atomic E-state index is 14.3. The Morgan fingerprint density at radius 3 is 2.44 bits per heavy atom. The first-order valence-corrected chi connectivity index (χ1v) is 11.0. The number of amides is 1. The molecule has 1 fully saturated rings. The highest BCUT2D eigenvalue weighted by molar-refractivity contribution is 6.34. The fraction of sp³-hybridized carbons (Fsp3) is 0.261. The lowest BCUT2D eigenvalue weighted by molar-refractivity contribution is -0.275. The molecule has 3 aromatic rings. The van der Waals surface area contributed by atoms with Crippen LogP contribution in [0.3, 0.4) is 0 Å². The molecular formula is C23H15Cl2F3N2O4. The molecule has 11 heteroatoms. The SMILES string of the molecule is O=C(NC1CC1)c1ccc(C2=NOC(c3cc(Cl)cc(Cl)c3)(C(F)(F)F)C2)c2ccc(=O)oc12. The summed E-state index contributed by atoms with van der Waals surface area (Å²) < 4.78 is 48.2. The van der Waals surface area contributed by atoms with Crippen LogP contribution in [0.5, 0.6) is 0 Å². The molecule has 1 amide bonds. The number of hydrogen-bond donors (Lipinski definition) is 1. The van der Waals surface area contributed by atoms with Gasteiger partial charge in [-0.25, -0.2) is 4.79 Å². The number of carbonyl (C=O) groups excluding carboxylic acids is 1. The maximum absolute atomic E-state index is 14.3. The lowest BCUT2D eigenvalue weighted by atomic mass is 9.85. The molecule has 5 rings (SSSR count). The van der Waals surface area contributed by atoms with Gasteiger partial charge in [0, 0.05) is 45.1 Å². The van der Waals surface area contributed by atoms with Gasteiger partial charge in [0.1, 0.15) is 0 Å². The van der Waals surface area contributed by atoms with Gasteiger partial charge in [0.05, 0.1) is 11.3 Å². The number of benzene rings is 2. The number of nitrogens with zero attached hydrogens (tertiary/aromatic N) is 1. The van der Waals surface area contributed by atoms with Crippen molar-refractivity contribution in [3.63, 3.8) is 0 Å². The van der Waals surface area contributed by atoms with E-state index in [0.29, 0.717) is 0 Å². The zero-order valence-corrected chi connectivity index (χ0v) is 18.7. The van der Waals surface area contributed by atoms with Gasteiger partial charge >= 0.3 is 11.8 Å². The van der Waals surface area contributed by atoms with Crippen molar-refractivity contribution in [2.24, 2.45) is 5.16 Å². The molecule has 0 saturated heterocycles. The maximum Gasteiger partial charge on any atom is 0.435 e. The van der Waals surface area contributed by atoms with Gasteiger partial charge in [-0.15, -0.1) is 0 Å². The van der Waals surface area contributed by atoms with Crippen LogP contribution in [0.2, 0.25) is 10.0 Å². The van der Waals surface area contributed by atoms with Gasteiger partial charge in [-0.1, -0.05) is 34.4 Å². The van der Waals surface area contributed by atoms with Gasteiger partial charge in [0.25, 0.3) is 11.5 Å². The van der Waals surface area contributed by atoms with Crippen LogP contribution < -0.4 is 10.9 Å². The van der Waals surface area contributed by atoms with E-state index in [9.17, 15) is 22.8 Å². The van der Waals surface area contributed by atoms with Crippen LogP contribution in [0, 0.1) is 0 Å². The van der Waals surface area contributed by atoms with Crippen LogP contribution in [-0.2, 0) is 10.4 Å². The van der Waals surface area contributed by atoms with Gasteiger partial charge in [0.15, 0.2) is 5.58 Å². The summed E-state index contributed by atoms with van der Waals surface area (Å²) in [7, 11) is 0. The summed E-state index contributed by atoms with van der Waals surface area (Å²) in [5.74, 6) is -0.434. The first-order chi connectivity index (χ1) is 16.1. The quantitative estimate of drug-likeness (QED) is 0.465. The Balaban J connectivity index is 1.59. The lowest BCUT2D eigenvalue weighted by Gasteiger charge is -2.29. The number of alkyl halides is 3. The Hall–Kier alpha value is -3.04. The molecule has 2 aromatic carbocycles. The third kappa shape index (κ3) is 3.92. The smallest absolute Gasteiger partial charge is 0.422 e. The zero-order chi connectivity index (χ0) is 24.3. The first kappa shape index (κ1) is 22.7. The minimum atomic E-state index is -4.86. The highest BCUT2D eigenvalue weighted by atomic mass is 35.5. The van der Waals surface area contributed by atoms with E-state index in [2.05, 4.69) is 10.5 Å². The highest BCUT2D eigenvalue weighted by Crippen LogP contribution is 2.50. The summed E-state index contributed by atoms with van der Waals surface area (Å²) in [6.07, 6.45) is -3.84. The average molecular weight is 511 g/mol. The normalized spacial score (nSPS) is 20.2. The largest absolute Gasteiger partial charge is 0.435 e. The molecule has 1 aliphatic carbocycles. The Kier molecular flexibility index (Phi) is 5.37. The minimum Gasteiger partial charge on any atom is -0.422 e. The van der Waals surface area contributed by atoms with Crippen molar-refractivity contribution in [1.82, 2.24) is 5.32 Å². The van der Waals surface area contributed by atoms with E-state index >= 15 is 0 Å². The van der Waals surface area contributed by atoms with Crippen LogP contribution in [-0.4, -0.2) is 23.8 Å². The highest BCUT2D eigenvalue weighted by Gasteiger charge is 2.62. The molecule has 0 spiro atoms. The summed E-state index contributed by atoms with van der Waals surface area (Å²) in [4.78, 5) is 29.6. The predicted octanol–water partition coefficient (Wildman–Crippen LogP) is 5.57. The molecule has 1 atom stereocenters. The number of hydrogen-bond acceptors (Lipinski definition) is 5. The van der Waals surface area contributed by atoms with Gasteiger partial charge in [-0.2, -0.15) is 13.2 Å². The van der Waals surface area contributed by atoms with E-state index in [-0.39, 0.29) is 49.5 Å². The molecular weight excluding hydrogens is 496 g/mol. The number of fused-ring (bicyclic) bond motifs is 1. The Labute approximate surface area is 200 Å². The van der Waals surface area contributed by atoms with E-state index < -0.39 is 29.7 Å². The number of rotatable bonds is 4. The summed E-state index contributed by atoms with van der Waals surface area (Å²) in [6.45, 7) is 0. The van der Waals surface area contributed by atoms with Crippen molar-refractivity contribution in [1.29, 1.82) is 0 Å². The van der Waals surface area contributed by atoms with Gasteiger partial charge in [-0.05, 0) is 43.2 Å². The summed E-state index contributed by atoms with van der Waals surface area (Å²) in [5.41, 5.74) is -3.56. The van der Waals surface area contributed by atoms with Crippen molar-refractivity contribution < 1.29 is 27.2 Å². The molecule has 2 aliphatic rings. The molecule has 1 N–H and O–H groups in total. The number of nitrogens with one attached hydrogen (secondary N) is 1. The third-order valence-electron chi connectivity index (χ3n) is 5.77. The van der Waals surface area contributed by atoms with Crippen molar-refractivity contribution in [2.75, 3.05) is 0 Å². The molecule has 0 radical (unpaired) electrons. The second kappa shape index (κ2) is 8.02. The van der Waals surface area contributed by atoms with Gasteiger partial charge in [0.2, 0.25) is 0 Å². The van der Waals surface area contributed by atoms with Crippen LogP contribution in [0.1, 0.15) is 40.7 Å². The molecule has 34 heavy (non-hydrogen) atoms. The summed E-state index contributed by atoms with van der Waals surface area (Å²) >= 11 is 11.9. The average Bonchev–Trinajstić information content (AvgIpc) is 3.44. The van der Waals surface area contributed by atoms with Crippen LogP contribution >= 0.6 is 23.2 Å².